The molecule has 1 aromatic carbocycles. The summed E-state index contributed by atoms with van der Waals surface area (Å²) in [4.78, 5) is 4.23. The predicted octanol–water partition coefficient (Wildman–Crippen LogP) is 3.17. The van der Waals surface area contributed by atoms with Gasteiger partial charge in [0.15, 0.2) is 0 Å². The highest BCUT2D eigenvalue weighted by Crippen LogP contribution is 2.25. The fraction of sp³-hybridized carbons (Fsp3) is 0.267. The lowest BCUT2D eigenvalue weighted by Gasteiger charge is -2.13. The normalized spacial score (nSPS) is 10.4. The predicted molar refractivity (Wildman–Crippen MR) is 73.6 cm³/mol. The minimum Gasteiger partial charge on any atom is -0.487 e. The molecule has 0 bridgehead atoms. The molecule has 0 amide bonds. The molecule has 0 aliphatic rings. The average molecular weight is 242 g/mol. The number of aromatic nitrogens is 1. The van der Waals surface area contributed by atoms with Gasteiger partial charge in [0.25, 0.3) is 0 Å². The second kappa shape index (κ2) is 5.08. The van der Waals surface area contributed by atoms with E-state index in [9.17, 15) is 0 Å². The summed E-state index contributed by atoms with van der Waals surface area (Å²) in [6.07, 6.45) is 1.70. The number of ether oxygens (including phenoxy) is 1. The molecule has 1 heterocycles. The van der Waals surface area contributed by atoms with Gasteiger partial charge in [0.2, 0.25) is 0 Å². The van der Waals surface area contributed by atoms with Gasteiger partial charge in [-0.1, -0.05) is 17.7 Å². The van der Waals surface area contributed by atoms with Crippen molar-refractivity contribution >= 4 is 5.69 Å². The van der Waals surface area contributed by atoms with Gasteiger partial charge in [-0.25, -0.2) is 0 Å². The van der Waals surface area contributed by atoms with E-state index in [1.54, 1.807) is 12.3 Å². The third kappa shape index (κ3) is 2.80. The summed E-state index contributed by atoms with van der Waals surface area (Å²) in [7, 11) is 0. The molecule has 94 valence electrons. The fourth-order valence-electron chi connectivity index (χ4n) is 2.12. The molecule has 0 fully saturated rings. The van der Waals surface area contributed by atoms with Gasteiger partial charge in [0.1, 0.15) is 12.4 Å². The van der Waals surface area contributed by atoms with E-state index in [2.05, 4.69) is 37.9 Å². The number of rotatable bonds is 3. The monoisotopic (exact) mass is 242 g/mol. The van der Waals surface area contributed by atoms with E-state index < -0.39 is 0 Å². The van der Waals surface area contributed by atoms with Crippen molar-refractivity contribution in [2.24, 2.45) is 0 Å². The van der Waals surface area contributed by atoms with E-state index in [0.29, 0.717) is 12.3 Å². The van der Waals surface area contributed by atoms with Crippen LogP contribution >= 0.6 is 0 Å². The van der Waals surface area contributed by atoms with Gasteiger partial charge < -0.3 is 10.5 Å². The Morgan fingerprint density at radius 3 is 2.39 bits per heavy atom. The van der Waals surface area contributed by atoms with E-state index >= 15 is 0 Å². The molecule has 0 saturated carbocycles. The molecule has 2 rings (SSSR count). The van der Waals surface area contributed by atoms with Crippen molar-refractivity contribution in [2.45, 2.75) is 27.4 Å². The number of aryl methyl sites for hydroxylation is 3. The van der Waals surface area contributed by atoms with Crippen molar-refractivity contribution in [3.05, 3.63) is 52.8 Å². The van der Waals surface area contributed by atoms with Gasteiger partial charge in [-0.05, 0) is 44.0 Å². The van der Waals surface area contributed by atoms with Crippen LogP contribution in [0.25, 0.3) is 0 Å². The summed E-state index contributed by atoms with van der Waals surface area (Å²) < 4.78 is 5.85. The Morgan fingerprint density at radius 2 is 1.78 bits per heavy atom. The number of benzene rings is 1. The molecular formula is C15H18N2O. The molecule has 0 saturated heterocycles. The Kier molecular flexibility index (Phi) is 3.51. The smallest absolute Gasteiger partial charge is 0.130 e. The van der Waals surface area contributed by atoms with Crippen LogP contribution in [-0.2, 0) is 6.61 Å². The van der Waals surface area contributed by atoms with Crippen LogP contribution in [0.2, 0.25) is 0 Å². The lowest BCUT2D eigenvalue weighted by Crippen LogP contribution is -2.02. The van der Waals surface area contributed by atoms with Crippen LogP contribution < -0.4 is 10.5 Å². The summed E-state index contributed by atoms with van der Waals surface area (Å²) in [5, 5.41) is 0. The third-order valence-electron chi connectivity index (χ3n) is 2.81. The van der Waals surface area contributed by atoms with Crippen LogP contribution in [0.4, 0.5) is 5.69 Å². The third-order valence-corrected chi connectivity index (χ3v) is 2.81. The van der Waals surface area contributed by atoms with Gasteiger partial charge in [-0.3, -0.25) is 4.98 Å². The molecule has 2 aromatic rings. The summed E-state index contributed by atoms with van der Waals surface area (Å²) in [5.74, 6) is 0.935. The Bertz CT molecular complexity index is 541. The maximum Gasteiger partial charge on any atom is 0.130 e. The first-order valence-electron chi connectivity index (χ1n) is 5.97. The number of anilines is 1. The summed E-state index contributed by atoms with van der Waals surface area (Å²) in [6, 6.07) is 7.84. The van der Waals surface area contributed by atoms with E-state index in [1.807, 2.05) is 6.07 Å². The van der Waals surface area contributed by atoms with E-state index in [0.717, 1.165) is 22.6 Å². The Balaban J connectivity index is 2.16. The molecule has 18 heavy (non-hydrogen) atoms. The van der Waals surface area contributed by atoms with Crippen LogP contribution in [-0.4, -0.2) is 4.98 Å². The second-order valence-electron chi connectivity index (χ2n) is 4.60. The fourth-order valence-corrected chi connectivity index (χ4v) is 2.12. The highest BCUT2D eigenvalue weighted by molar-refractivity contribution is 5.43. The van der Waals surface area contributed by atoms with Crippen LogP contribution in [0.3, 0.4) is 0 Å². The summed E-state index contributed by atoms with van der Waals surface area (Å²) in [5.41, 5.74) is 10.8. The van der Waals surface area contributed by atoms with Crippen molar-refractivity contribution in [3.8, 4) is 5.75 Å². The van der Waals surface area contributed by atoms with E-state index in [4.69, 9.17) is 10.5 Å². The maximum atomic E-state index is 5.85. The first kappa shape index (κ1) is 12.4. The van der Waals surface area contributed by atoms with Gasteiger partial charge in [0.05, 0.1) is 5.69 Å². The van der Waals surface area contributed by atoms with Crippen molar-refractivity contribution in [2.75, 3.05) is 5.73 Å². The zero-order valence-corrected chi connectivity index (χ0v) is 11.0. The van der Waals surface area contributed by atoms with Crippen molar-refractivity contribution in [1.82, 2.24) is 4.98 Å². The van der Waals surface area contributed by atoms with Crippen LogP contribution in [0.15, 0.2) is 30.5 Å². The maximum absolute atomic E-state index is 5.85. The highest BCUT2D eigenvalue weighted by atomic mass is 16.5. The zero-order valence-electron chi connectivity index (χ0n) is 11.0. The first-order valence-corrected chi connectivity index (χ1v) is 5.97. The Morgan fingerprint density at radius 1 is 1.11 bits per heavy atom. The number of hydrogen-bond donors (Lipinski definition) is 1. The van der Waals surface area contributed by atoms with Gasteiger partial charge in [0, 0.05) is 11.9 Å². The molecule has 2 N–H and O–H groups in total. The lowest BCUT2D eigenvalue weighted by atomic mass is 10.1. The number of hydrogen-bond acceptors (Lipinski definition) is 3. The minimum absolute atomic E-state index is 0.440. The van der Waals surface area contributed by atoms with Gasteiger partial charge in [-0.2, -0.15) is 0 Å². The average Bonchev–Trinajstić information content (AvgIpc) is 2.27. The quantitative estimate of drug-likeness (QED) is 0.899. The van der Waals surface area contributed by atoms with Gasteiger partial charge >= 0.3 is 0 Å². The minimum atomic E-state index is 0.440. The largest absolute Gasteiger partial charge is 0.487 e. The van der Waals surface area contributed by atoms with Crippen molar-refractivity contribution in [1.29, 1.82) is 0 Å². The van der Waals surface area contributed by atoms with Crippen molar-refractivity contribution < 1.29 is 4.74 Å². The summed E-state index contributed by atoms with van der Waals surface area (Å²) in [6.45, 7) is 6.64. The molecule has 0 aliphatic heterocycles. The number of nitrogen functional groups attached to an aromatic ring is 1. The molecule has 0 unspecified atom stereocenters. The lowest BCUT2D eigenvalue weighted by molar-refractivity contribution is 0.297. The number of nitrogens with zero attached hydrogens (tertiary/aromatic N) is 1. The Hall–Kier alpha value is -2.03. The number of pyridine rings is 1. The molecular weight excluding hydrogens is 224 g/mol. The molecule has 0 atom stereocenters. The topological polar surface area (TPSA) is 48.1 Å². The molecule has 1 aromatic heterocycles. The zero-order chi connectivity index (χ0) is 13.1. The summed E-state index contributed by atoms with van der Waals surface area (Å²) >= 11 is 0. The molecule has 0 aliphatic carbocycles. The SMILES string of the molecule is Cc1cc(C)c(OCc2cc(N)ccn2)c(C)c1. The second-order valence-corrected chi connectivity index (χ2v) is 4.60. The van der Waals surface area contributed by atoms with Crippen molar-refractivity contribution in [3.63, 3.8) is 0 Å². The highest BCUT2D eigenvalue weighted by Gasteiger charge is 2.05. The number of nitrogens with two attached hydrogens (primary N) is 1. The van der Waals surface area contributed by atoms with Crippen LogP contribution in [0.1, 0.15) is 22.4 Å². The van der Waals surface area contributed by atoms with Gasteiger partial charge in [-0.15, -0.1) is 0 Å². The molecule has 3 nitrogen and oxygen atoms in total. The van der Waals surface area contributed by atoms with Crippen LogP contribution in [0.5, 0.6) is 5.75 Å². The van der Waals surface area contributed by atoms with Crippen LogP contribution in [0, 0.1) is 20.8 Å². The Labute approximate surface area is 108 Å². The standard InChI is InChI=1S/C15H18N2O/c1-10-6-11(2)15(12(3)7-10)18-9-14-8-13(16)4-5-17-14/h4-8H,9H2,1-3H3,(H2,16,17). The molecule has 3 heteroatoms. The first-order chi connectivity index (χ1) is 8.56. The van der Waals surface area contributed by atoms with E-state index in [-0.39, 0.29) is 0 Å². The molecule has 0 radical (unpaired) electrons. The molecule has 0 spiro atoms. The van der Waals surface area contributed by atoms with E-state index in [1.165, 1.54) is 5.56 Å².